The fourth-order valence-electron chi connectivity index (χ4n) is 3.38. The predicted molar refractivity (Wildman–Crippen MR) is 136 cm³/mol. The van der Waals surface area contributed by atoms with Crippen LogP contribution in [0.3, 0.4) is 0 Å². The Morgan fingerprint density at radius 1 is 1.12 bits per heavy atom. The fourth-order valence-corrected chi connectivity index (χ4v) is 4.65. The molecule has 0 aliphatic heterocycles. The summed E-state index contributed by atoms with van der Waals surface area (Å²) in [5.41, 5.74) is 1.25. The molecular weight excluding hydrogens is 493 g/mol. The van der Waals surface area contributed by atoms with Crippen molar-refractivity contribution in [1.82, 2.24) is 14.6 Å². The Balaban J connectivity index is 1.41. The van der Waals surface area contributed by atoms with Crippen molar-refractivity contribution in [3.05, 3.63) is 85.3 Å². The summed E-state index contributed by atoms with van der Waals surface area (Å²) in [6.07, 6.45) is 3.77. The smallest absolute Gasteiger partial charge is 0.291 e. The third-order valence-electron chi connectivity index (χ3n) is 5.15. The highest BCUT2D eigenvalue weighted by Crippen LogP contribution is 2.32. The molecule has 0 spiro atoms. The molecule has 0 amide bonds. The number of furan rings is 1. The Bertz CT molecular complexity index is 1570. The molecule has 172 valence electrons. The molecule has 0 saturated heterocycles. The van der Waals surface area contributed by atoms with E-state index in [0.29, 0.717) is 49.1 Å². The number of hydrogen-bond donors (Lipinski definition) is 0. The third kappa shape index (κ3) is 4.59. The zero-order chi connectivity index (χ0) is 23.7. The van der Waals surface area contributed by atoms with Gasteiger partial charge < -0.3 is 9.15 Å². The molecule has 0 atom stereocenters. The number of hydrogen-bond acceptors (Lipinski definition) is 6. The minimum Gasteiger partial charge on any atom is -0.494 e. The summed E-state index contributed by atoms with van der Waals surface area (Å²) in [4.78, 5) is 17.9. The van der Waals surface area contributed by atoms with Crippen LogP contribution >= 0.6 is 34.5 Å². The molecule has 5 rings (SSSR count). The van der Waals surface area contributed by atoms with E-state index in [1.165, 1.54) is 15.9 Å². The molecule has 0 bridgehead atoms. The van der Waals surface area contributed by atoms with Crippen LogP contribution in [-0.2, 0) is 0 Å². The topological polar surface area (TPSA) is 69.6 Å². The Morgan fingerprint density at radius 3 is 2.71 bits per heavy atom. The van der Waals surface area contributed by atoms with Crippen LogP contribution in [0, 0.1) is 0 Å². The van der Waals surface area contributed by atoms with Gasteiger partial charge in [0.1, 0.15) is 21.8 Å². The van der Waals surface area contributed by atoms with Gasteiger partial charge in [-0.3, -0.25) is 4.79 Å². The van der Waals surface area contributed by atoms with Crippen molar-refractivity contribution in [2.45, 2.75) is 19.8 Å². The van der Waals surface area contributed by atoms with E-state index in [1.807, 2.05) is 24.3 Å². The molecule has 0 aliphatic carbocycles. The molecule has 0 radical (unpaired) electrons. The molecule has 0 saturated carbocycles. The Labute approximate surface area is 209 Å². The summed E-state index contributed by atoms with van der Waals surface area (Å²) >= 11 is 13.6. The largest absolute Gasteiger partial charge is 0.494 e. The van der Waals surface area contributed by atoms with Gasteiger partial charge in [-0.15, -0.1) is 5.10 Å². The van der Waals surface area contributed by atoms with E-state index in [9.17, 15) is 4.79 Å². The highest BCUT2D eigenvalue weighted by atomic mass is 35.5. The monoisotopic (exact) mass is 511 g/mol. The predicted octanol–water partition coefficient (Wildman–Crippen LogP) is 6.11. The van der Waals surface area contributed by atoms with Crippen LogP contribution in [0.4, 0.5) is 0 Å². The highest BCUT2D eigenvalue weighted by Gasteiger charge is 2.13. The maximum Gasteiger partial charge on any atom is 0.291 e. The van der Waals surface area contributed by atoms with Crippen molar-refractivity contribution >= 4 is 45.6 Å². The molecule has 9 heteroatoms. The van der Waals surface area contributed by atoms with Crippen LogP contribution in [0.2, 0.25) is 10.0 Å². The first kappa shape index (κ1) is 22.7. The van der Waals surface area contributed by atoms with E-state index >= 15 is 0 Å². The number of rotatable bonds is 7. The van der Waals surface area contributed by atoms with E-state index in [2.05, 4.69) is 17.0 Å². The van der Waals surface area contributed by atoms with E-state index in [1.54, 1.807) is 36.4 Å². The van der Waals surface area contributed by atoms with Crippen molar-refractivity contribution in [2.24, 2.45) is 0 Å². The van der Waals surface area contributed by atoms with Crippen LogP contribution in [0.1, 0.15) is 25.5 Å². The van der Waals surface area contributed by atoms with Crippen molar-refractivity contribution in [1.29, 1.82) is 0 Å². The SMILES string of the molecule is CCCCOc1ccc(-c2nc3s/c(=C/c4ccc(-c5cc(Cl)ccc5Cl)o4)c(=O)n3n2)cc1. The van der Waals surface area contributed by atoms with Crippen LogP contribution in [0.5, 0.6) is 5.75 Å². The molecule has 3 heterocycles. The fraction of sp³-hybridized carbons (Fsp3) is 0.160. The van der Waals surface area contributed by atoms with Crippen molar-refractivity contribution in [3.8, 4) is 28.5 Å². The van der Waals surface area contributed by atoms with Crippen molar-refractivity contribution in [3.63, 3.8) is 0 Å². The second-order valence-corrected chi connectivity index (χ2v) is 9.45. The number of halogens is 2. The van der Waals surface area contributed by atoms with Crippen LogP contribution in [0.25, 0.3) is 33.7 Å². The first-order valence-electron chi connectivity index (χ1n) is 10.7. The Kier molecular flexibility index (Phi) is 6.41. The lowest BCUT2D eigenvalue weighted by molar-refractivity contribution is 0.309. The van der Waals surface area contributed by atoms with Crippen molar-refractivity contribution in [2.75, 3.05) is 6.61 Å². The molecule has 5 aromatic rings. The van der Waals surface area contributed by atoms with Gasteiger partial charge in [0.2, 0.25) is 4.96 Å². The second kappa shape index (κ2) is 9.62. The average molecular weight is 512 g/mol. The summed E-state index contributed by atoms with van der Waals surface area (Å²) < 4.78 is 13.4. The highest BCUT2D eigenvalue weighted by molar-refractivity contribution is 7.15. The van der Waals surface area contributed by atoms with Gasteiger partial charge in [0.25, 0.3) is 5.56 Å². The maximum absolute atomic E-state index is 12.9. The molecule has 3 aromatic heterocycles. The summed E-state index contributed by atoms with van der Waals surface area (Å²) in [5.74, 6) is 2.38. The number of benzene rings is 2. The molecule has 0 unspecified atom stereocenters. The number of nitrogens with zero attached hydrogens (tertiary/aromatic N) is 3. The number of thiazole rings is 1. The zero-order valence-corrected chi connectivity index (χ0v) is 20.5. The molecule has 34 heavy (non-hydrogen) atoms. The molecule has 2 aromatic carbocycles. The molecule has 0 N–H and O–H groups in total. The average Bonchev–Trinajstić information content (AvgIpc) is 3.54. The standard InChI is InChI=1S/C25H19Cl2N3O3S/c1-2-3-12-32-17-7-4-15(5-8-17)23-28-25-30(29-23)24(31)22(34-25)14-18-9-11-21(33-18)19-13-16(26)6-10-20(19)27/h4-11,13-14H,2-3,12H2,1H3/b22-14+. The van der Waals surface area contributed by atoms with E-state index in [0.717, 1.165) is 24.2 Å². The lowest BCUT2D eigenvalue weighted by Crippen LogP contribution is -2.23. The minimum atomic E-state index is -0.253. The first-order valence-corrected chi connectivity index (χ1v) is 12.3. The van der Waals surface area contributed by atoms with Gasteiger partial charge in [0, 0.05) is 22.2 Å². The lowest BCUT2D eigenvalue weighted by Gasteiger charge is -2.05. The maximum atomic E-state index is 12.9. The van der Waals surface area contributed by atoms with E-state index < -0.39 is 0 Å². The minimum absolute atomic E-state index is 0.253. The number of fused-ring (bicyclic) bond motifs is 1. The first-order chi connectivity index (χ1) is 16.5. The van der Waals surface area contributed by atoms with Crippen LogP contribution in [-0.4, -0.2) is 21.2 Å². The van der Waals surface area contributed by atoms with Gasteiger partial charge in [-0.05, 0) is 61.0 Å². The molecular formula is C25H19Cl2N3O3S. The number of unbranched alkanes of at least 4 members (excludes halogenated alkanes) is 1. The van der Waals surface area contributed by atoms with Crippen LogP contribution < -0.4 is 14.8 Å². The third-order valence-corrected chi connectivity index (χ3v) is 6.68. The van der Waals surface area contributed by atoms with Gasteiger partial charge >= 0.3 is 0 Å². The van der Waals surface area contributed by atoms with Crippen LogP contribution in [0.15, 0.2) is 63.8 Å². The van der Waals surface area contributed by atoms with Crippen molar-refractivity contribution < 1.29 is 9.15 Å². The second-order valence-electron chi connectivity index (χ2n) is 7.60. The van der Waals surface area contributed by atoms with E-state index in [-0.39, 0.29) is 5.56 Å². The van der Waals surface area contributed by atoms with E-state index in [4.69, 9.17) is 32.4 Å². The Morgan fingerprint density at radius 2 is 1.94 bits per heavy atom. The van der Waals surface area contributed by atoms with Gasteiger partial charge in [-0.25, -0.2) is 0 Å². The normalized spacial score (nSPS) is 12.0. The number of aromatic nitrogens is 3. The number of ether oxygens (including phenoxy) is 1. The zero-order valence-electron chi connectivity index (χ0n) is 18.1. The Hall–Kier alpha value is -3.13. The summed E-state index contributed by atoms with van der Waals surface area (Å²) in [7, 11) is 0. The molecule has 6 nitrogen and oxygen atoms in total. The summed E-state index contributed by atoms with van der Waals surface area (Å²) in [6, 6.07) is 16.3. The molecule has 0 fully saturated rings. The van der Waals surface area contributed by atoms with Gasteiger partial charge in [0.05, 0.1) is 11.6 Å². The quantitative estimate of drug-likeness (QED) is 0.246. The lowest BCUT2D eigenvalue weighted by atomic mass is 10.2. The molecule has 0 aliphatic rings. The summed E-state index contributed by atoms with van der Waals surface area (Å²) in [5, 5.41) is 5.49. The summed E-state index contributed by atoms with van der Waals surface area (Å²) in [6.45, 7) is 2.81. The van der Waals surface area contributed by atoms with Gasteiger partial charge in [0.15, 0.2) is 5.82 Å². The van der Waals surface area contributed by atoms with Gasteiger partial charge in [-0.2, -0.15) is 9.50 Å². The van der Waals surface area contributed by atoms with Gasteiger partial charge in [-0.1, -0.05) is 47.9 Å².